The molecule has 0 aromatic rings. The first-order valence-electron chi connectivity index (χ1n) is 6.87. The number of Topliss-reactive ketones (excluding diaryl/α,β-unsaturated/α-hetero) is 1. The van der Waals surface area contributed by atoms with Crippen LogP contribution < -0.4 is 0 Å². The van der Waals surface area contributed by atoms with E-state index in [0.29, 0.717) is 6.42 Å². The Labute approximate surface area is 118 Å². The van der Waals surface area contributed by atoms with Crippen molar-refractivity contribution in [3.8, 4) is 11.8 Å². The van der Waals surface area contributed by atoms with Crippen LogP contribution in [-0.4, -0.2) is 5.78 Å². The van der Waals surface area contributed by atoms with E-state index in [1.54, 1.807) is 6.92 Å². The van der Waals surface area contributed by atoms with E-state index in [4.69, 9.17) is 0 Å². The van der Waals surface area contributed by atoms with Crippen molar-refractivity contribution in [2.75, 3.05) is 0 Å². The fraction of sp³-hybridized carbons (Fsp3) is 0.500. The topological polar surface area (TPSA) is 17.1 Å². The molecule has 19 heavy (non-hydrogen) atoms. The maximum absolute atomic E-state index is 10.8. The monoisotopic (exact) mass is 258 g/mol. The van der Waals surface area contributed by atoms with Crippen LogP contribution in [0.25, 0.3) is 0 Å². The molecule has 0 amide bonds. The predicted molar refractivity (Wildman–Crippen MR) is 83.9 cm³/mol. The molecule has 0 saturated heterocycles. The zero-order valence-electron chi connectivity index (χ0n) is 12.8. The summed E-state index contributed by atoms with van der Waals surface area (Å²) in [6.45, 7) is 11.9. The zero-order chi connectivity index (χ0) is 14.7. The van der Waals surface area contributed by atoms with Crippen molar-refractivity contribution in [2.24, 2.45) is 0 Å². The molecule has 1 heteroatoms. The highest BCUT2D eigenvalue weighted by molar-refractivity contribution is 5.75. The predicted octanol–water partition coefficient (Wildman–Crippen LogP) is 5.00. The number of hydrogen-bond donors (Lipinski definition) is 0. The van der Waals surface area contributed by atoms with Crippen molar-refractivity contribution < 1.29 is 4.79 Å². The van der Waals surface area contributed by atoms with Gasteiger partial charge in [-0.1, -0.05) is 41.7 Å². The lowest BCUT2D eigenvalue weighted by molar-refractivity contribution is -0.116. The molecule has 0 aliphatic rings. The van der Waals surface area contributed by atoms with Crippen LogP contribution in [0.1, 0.15) is 59.8 Å². The summed E-state index contributed by atoms with van der Waals surface area (Å²) in [5.41, 5.74) is 3.57. The van der Waals surface area contributed by atoms with Crippen molar-refractivity contribution >= 4 is 5.78 Å². The maximum atomic E-state index is 10.8. The Morgan fingerprint density at radius 1 is 1.05 bits per heavy atom. The van der Waals surface area contributed by atoms with Crippen molar-refractivity contribution in [3.63, 3.8) is 0 Å². The van der Waals surface area contributed by atoms with Gasteiger partial charge in [-0.25, -0.2) is 0 Å². The molecule has 0 atom stereocenters. The van der Waals surface area contributed by atoms with Gasteiger partial charge in [0.1, 0.15) is 5.78 Å². The molecular formula is C18H26O. The van der Waals surface area contributed by atoms with E-state index < -0.39 is 0 Å². The van der Waals surface area contributed by atoms with Crippen molar-refractivity contribution in [2.45, 2.75) is 59.8 Å². The van der Waals surface area contributed by atoms with Crippen LogP contribution in [0.3, 0.4) is 0 Å². The lowest BCUT2D eigenvalue weighted by Crippen LogP contribution is -1.87. The van der Waals surface area contributed by atoms with Crippen molar-refractivity contribution in [3.05, 3.63) is 35.5 Å². The average molecular weight is 258 g/mol. The van der Waals surface area contributed by atoms with Gasteiger partial charge in [0.05, 0.1) is 0 Å². The summed E-state index contributed by atoms with van der Waals surface area (Å²) in [5, 5.41) is 0. The second kappa shape index (κ2) is 10.4. The van der Waals surface area contributed by atoms with Gasteiger partial charge in [0.2, 0.25) is 0 Å². The minimum atomic E-state index is 0.227. The molecule has 0 bridgehead atoms. The molecule has 104 valence electrons. The minimum absolute atomic E-state index is 0.227. The Hall–Kier alpha value is -1.55. The second-order valence-electron chi connectivity index (χ2n) is 5.18. The summed E-state index contributed by atoms with van der Waals surface area (Å²) in [5.74, 6) is 6.47. The van der Waals surface area contributed by atoms with Crippen LogP contribution in [0, 0.1) is 11.8 Å². The van der Waals surface area contributed by atoms with Crippen LogP contribution in [0.15, 0.2) is 35.5 Å². The van der Waals surface area contributed by atoms with Gasteiger partial charge in [0.15, 0.2) is 0 Å². The van der Waals surface area contributed by atoms with Crippen LogP contribution in [0.4, 0.5) is 0 Å². The van der Waals surface area contributed by atoms with E-state index in [-0.39, 0.29) is 5.78 Å². The van der Waals surface area contributed by atoms with E-state index in [9.17, 15) is 4.79 Å². The first-order chi connectivity index (χ1) is 8.91. The van der Waals surface area contributed by atoms with Gasteiger partial charge in [0.25, 0.3) is 0 Å². The number of carbonyl (C=O) groups is 1. The number of hydrogen-bond acceptors (Lipinski definition) is 1. The Kier molecular flexibility index (Phi) is 9.53. The van der Waals surface area contributed by atoms with Gasteiger partial charge in [-0.05, 0) is 52.5 Å². The number of rotatable bonds is 7. The minimum Gasteiger partial charge on any atom is -0.300 e. The summed E-state index contributed by atoms with van der Waals surface area (Å²) < 4.78 is 0. The molecule has 0 aromatic carbocycles. The third kappa shape index (κ3) is 12.7. The van der Waals surface area contributed by atoms with E-state index in [2.05, 4.69) is 38.3 Å². The van der Waals surface area contributed by atoms with Crippen LogP contribution in [0.2, 0.25) is 0 Å². The summed E-state index contributed by atoms with van der Waals surface area (Å²) in [7, 11) is 0. The standard InChI is InChI=1S/C18H26O/c1-15(2)9-6-10-16(3)11-7-12-17(4)13-8-14-18(5)19/h9,13H,3,6,8,10-11,14H2,1-2,4-5H3/b17-13+. The van der Waals surface area contributed by atoms with E-state index in [0.717, 1.165) is 31.3 Å². The first-order valence-corrected chi connectivity index (χ1v) is 6.87. The normalized spacial score (nSPS) is 10.4. The molecule has 0 spiro atoms. The van der Waals surface area contributed by atoms with Crippen molar-refractivity contribution in [1.82, 2.24) is 0 Å². The van der Waals surface area contributed by atoms with E-state index in [1.165, 1.54) is 11.1 Å². The molecule has 0 heterocycles. The van der Waals surface area contributed by atoms with Gasteiger partial charge in [-0.15, -0.1) is 0 Å². The highest BCUT2D eigenvalue weighted by Gasteiger charge is 1.92. The fourth-order valence-corrected chi connectivity index (χ4v) is 1.50. The number of carbonyl (C=O) groups excluding carboxylic acids is 1. The first kappa shape index (κ1) is 17.4. The average Bonchev–Trinajstić information content (AvgIpc) is 2.27. The zero-order valence-corrected chi connectivity index (χ0v) is 12.8. The molecule has 0 aliphatic carbocycles. The molecular weight excluding hydrogens is 232 g/mol. The molecule has 0 unspecified atom stereocenters. The lowest BCUT2D eigenvalue weighted by atomic mass is 10.1. The summed E-state index contributed by atoms with van der Waals surface area (Å²) in [6.07, 6.45) is 8.47. The molecule has 1 nitrogen and oxygen atoms in total. The second-order valence-corrected chi connectivity index (χ2v) is 5.18. The van der Waals surface area contributed by atoms with Crippen molar-refractivity contribution in [1.29, 1.82) is 0 Å². The Bertz CT molecular complexity index is 420. The van der Waals surface area contributed by atoms with E-state index >= 15 is 0 Å². The number of allylic oxidation sites excluding steroid dienone is 5. The molecule has 0 aromatic heterocycles. The van der Waals surface area contributed by atoms with Gasteiger partial charge in [-0.3, -0.25) is 0 Å². The molecule has 0 saturated carbocycles. The maximum Gasteiger partial charge on any atom is 0.130 e. The molecule has 0 rings (SSSR count). The number of ketones is 1. The largest absolute Gasteiger partial charge is 0.300 e. The highest BCUT2D eigenvalue weighted by atomic mass is 16.1. The third-order valence-electron chi connectivity index (χ3n) is 2.62. The quantitative estimate of drug-likeness (QED) is 0.464. The van der Waals surface area contributed by atoms with E-state index in [1.807, 2.05) is 13.0 Å². The summed E-state index contributed by atoms with van der Waals surface area (Å²) in [4.78, 5) is 10.8. The van der Waals surface area contributed by atoms with Gasteiger partial charge < -0.3 is 4.79 Å². The summed E-state index contributed by atoms with van der Waals surface area (Å²) >= 11 is 0. The third-order valence-corrected chi connectivity index (χ3v) is 2.62. The Balaban J connectivity index is 3.98. The van der Waals surface area contributed by atoms with Gasteiger partial charge in [0, 0.05) is 12.8 Å². The van der Waals surface area contributed by atoms with Gasteiger partial charge >= 0.3 is 0 Å². The molecule has 0 fully saturated rings. The van der Waals surface area contributed by atoms with Crippen LogP contribution in [0.5, 0.6) is 0 Å². The smallest absolute Gasteiger partial charge is 0.130 e. The molecule has 0 N–H and O–H groups in total. The molecule has 0 radical (unpaired) electrons. The SMILES string of the molecule is C=C(CC#C/C(C)=C/CCC(C)=O)CCC=C(C)C. The molecule has 0 aliphatic heterocycles. The Morgan fingerprint density at radius 3 is 2.26 bits per heavy atom. The highest BCUT2D eigenvalue weighted by Crippen LogP contribution is 2.08. The summed E-state index contributed by atoms with van der Waals surface area (Å²) in [6, 6.07) is 0. The van der Waals surface area contributed by atoms with Crippen LogP contribution in [-0.2, 0) is 4.79 Å². The fourth-order valence-electron chi connectivity index (χ4n) is 1.50. The Morgan fingerprint density at radius 2 is 1.68 bits per heavy atom. The van der Waals surface area contributed by atoms with Crippen LogP contribution >= 0.6 is 0 Å². The van der Waals surface area contributed by atoms with Gasteiger partial charge in [-0.2, -0.15) is 0 Å². The lowest BCUT2D eigenvalue weighted by Gasteiger charge is -1.98.